The molecule has 0 aromatic heterocycles. The van der Waals surface area contributed by atoms with E-state index in [4.69, 9.17) is 10.5 Å². The van der Waals surface area contributed by atoms with Crippen molar-refractivity contribution in [1.82, 2.24) is 4.90 Å². The van der Waals surface area contributed by atoms with E-state index in [9.17, 15) is 4.79 Å². The molecule has 0 spiro atoms. The summed E-state index contributed by atoms with van der Waals surface area (Å²) in [6.45, 7) is 1.86. The molecule has 4 nitrogen and oxygen atoms in total. The van der Waals surface area contributed by atoms with Crippen molar-refractivity contribution in [3.05, 3.63) is 35.9 Å². The Balaban J connectivity index is 2.47. The molecule has 0 bridgehead atoms. The summed E-state index contributed by atoms with van der Waals surface area (Å²) in [7, 11) is 1.52. The summed E-state index contributed by atoms with van der Waals surface area (Å²) >= 11 is 0. The molecule has 0 radical (unpaired) electrons. The van der Waals surface area contributed by atoms with Crippen molar-refractivity contribution < 1.29 is 9.53 Å². The highest BCUT2D eigenvalue weighted by atomic mass is 16.5. The zero-order chi connectivity index (χ0) is 12.5. The Bertz CT molecular complexity index is 327. The lowest BCUT2D eigenvalue weighted by atomic mass is 10.1. The Hall–Kier alpha value is -1.39. The Morgan fingerprint density at radius 1 is 1.29 bits per heavy atom. The second-order valence-electron chi connectivity index (χ2n) is 3.84. The van der Waals surface area contributed by atoms with Gasteiger partial charge < -0.3 is 15.4 Å². The molecule has 0 atom stereocenters. The zero-order valence-electron chi connectivity index (χ0n) is 10.3. The number of carbonyl (C=O) groups excluding carboxylic acids is 1. The highest BCUT2D eigenvalue weighted by Gasteiger charge is 2.11. The summed E-state index contributed by atoms with van der Waals surface area (Å²) in [5.41, 5.74) is 6.72. The Morgan fingerprint density at radius 2 is 2.00 bits per heavy atom. The molecule has 1 amide bonds. The van der Waals surface area contributed by atoms with Crippen LogP contribution >= 0.6 is 0 Å². The first-order valence-corrected chi connectivity index (χ1v) is 5.78. The van der Waals surface area contributed by atoms with E-state index in [1.165, 1.54) is 12.7 Å². The van der Waals surface area contributed by atoms with Gasteiger partial charge in [0.1, 0.15) is 6.61 Å². The fourth-order valence-corrected chi connectivity index (χ4v) is 1.64. The van der Waals surface area contributed by atoms with E-state index < -0.39 is 0 Å². The summed E-state index contributed by atoms with van der Waals surface area (Å²) < 4.78 is 4.85. The predicted molar refractivity (Wildman–Crippen MR) is 67.7 cm³/mol. The average molecular weight is 236 g/mol. The van der Waals surface area contributed by atoms with Gasteiger partial charge >= 0.3 is 0 Å². The van der Waals surface area contributed by atoms with Crippen molar-refractivity contribution >= 4 is 5.91 Å². The zero-order valence-corrected chi connectivity index (χ0v) is 10.3. The number of hydrogen-bond acceptors (Lipinski definition) is 3. The molecule has 1 aromatic carbocycles. The second-order valence-corrected chi connectivity index (χ2v) is 3.84. The monoisotopic (exact) mass is 236 g/mol. The number of methoxy groups -OCH3 is 1. The Labute approximate surface area is 102 Å². The van der Waals surface area contributed by atoms with Crippen LogP contribution in [0.1, 0.15) is 5.56 Å². The maximum atomic E-state index is 11.7. The molecule has 0 fully saturated rings. The van der Waals surface area contributed by atoms with Crippen LogP contribution in [0, 0.1) is 0 Å². The molecular formula is C13H20N2O2. The number of amides is 1. The van der Waals surface area contributed by atoms with E-state index >= 15 is 0 Å². The Kier molecular flexibility index (Phi) is 6.29. The van der Waals surface area contributed by atoms with Crippen molar-refractivity contribution in [2.24, 2.45) is 5.73 Å². The van der Waals surface area contributed by atoms with E-state index in [1.807, 2.05) is 18.2 Å². The molecule has 0 aliphatic carbocycles. The first-order valence-electron chi connectivity index (χ1n) is 5.78. The van der Waals surface area contributed by atoms with Gasteiger partial charge in [0, 0.05) is 26.7 Å². The van der Waals surface area contributed by atoms with E-state index in [0.29, 0.717) is 19.6 Å². The fraction of sp³-hybridized carbons (Fsp3) is 0.462. The largest absolute Gasteiger partial charge is 0.375 e. The van der Waals surface area contributed by atoms with Crippen LogP contribution in [0.3, 0.4) is 0 Å². The molecular weight excluding hydrogens is 216 g/mol. The third-order valence-electron chi connectivity index (χ3n) is 2.53. The molecule has 0 saturated heterocycles. The number of benzene rings is 1. The molecule has 4 heteroatoms. The molecule has 0 unspecified atom stereocenters. The maximum Gasteiger partial charge on any atom is 0.248 e. The molecule has 0 saturated carbocycles. The SMILES string of the molecule is COCC(=O)N(CCN)CCc1ccccc1. The lowest BCUT2D eigenvalue weighted by Crippen LogP contribution is -2.38. The Morgan fingerprint density at radius 3 is 2.59 bits per heavy atom. The number of rotatable bonds is 7. The van der Waals surface area contributed by atoms with Gasteiger partial charge in [-0.2, -0.15) is 0 Å². The fourth-order valence-electron chi connectivity index (χ4n) is 1.64. The van der Waals surface area contributed by atoms with Crippen molar-refractivity contribution in [3.8, 4) is 0 Å². The first kappa shape index (κ1) is 13.7. The van der Waals surface area contributed by atoms with E-state index in [-0.39, 0.29) is 12.5 Å². The van der Waals surface area contributed by atoms with Gasteiger partial charge in [0.15, 0.2) is 0 Å². The molecule has 1 aromatic rings. The summed E-state index contributed by atoms with van der Waals surface area (Å²) in [5.74, 6) is -0.00567. The summed E-state index contributed by atoms with van der Waals surface area (Å²) in [5, 5.41) is 0. The van der Waals surface area contributed by atoms with Gasteiger partial charge in [0.2, 0.25) is 5.91 Å². The van der Waals surface area contributed by atoms with Crippen LogP contribution in [0.25, 0.3) is 0 Å². The molecule has 94 valence electrons. The van der Waals surface area contributed by atoms with Crippen LogP contribution in [-0.4, -0.2) is 44.2 Å². The van der Waals surface area contributed by atoms with Crippen molar-refractivity contribution in [3.63, 3.8) is 0 Å². The van der Waals surface area contributed by atoms with E-state index in [0.717, 1.165) is 6.42 Å². The first-order chi connectivity index (χ1) is 8.27. The number of nitrogens with two attached hydrogens (primary N) is 1. The molecule has 17 heavy (non-hydrogen) atoms. The normalized spacial score (nSPS) is 10.2. The molecule has 0 aliphatic rings. The minimum Gasteiger partial charge on any atom is -0.375 e. The molecule has 0 aliphatic heterocycles. The smallest absolute Gasteiger partial charge is 0.248 e. The lowest BCUT2D eigenvalue weighted by molar-refractivity contribution is -0.135. The molecule has 0 heterocycles. The number of ether oxygens (including phenoxy) is 1. The molecule has 1 rings (SSSR count). The highest BCUT2D eigenvalue weighted by Crippen LogP contribution is 2.01. The van der Waals surface area contributed by atoms with Crippen molar-refractivity contribution in [1.29, 1.82) is 0 Å². The summed E-state index contributed by atoms with van der Waals surface area (Å²) in [4.78, 5) is 13.4. The third kappa shape index (κ3) is 4.97. The van der Waals surface area contributed by atoms with E-state index in [2.05, 4.69) is 12.1 Å². The maximum absolute atomic E-state index is 11.7. The minimum atomic E-state index is -0.00567. The van der Waals surface area contributed by atoms with Crippen molar-refractivity contribution in [2.75, 3.05) is 33.4 Å². The highest BCUT2D eigenvalue weighted by molar-refractivity contribution is 5.77. The average Bonchev–Trinajstić information content (AvgIpc) is 2.36. The quantitative estimate of drug-likeness (QED) is 0.756. The number of carbonyl (C=O) groups is 1. The number of hydrogen-bond donors (Lipinski definition) is 1. The molecule has 2 N–H and O–H groups in total. The van der Waals surface area contributed by atoms with Gasteiger partial charge in [-0.25, -0.2) is 0 Å². The van der Waals surface area contributed by atoms with Gasteiger partial charge in [-0.05, 0) is 12.0 Å². The van der Waals surface area contributed by atoms with Crippen molar-refractivity contribution in [2.45, 2.75) is 6.42 Å². The van der Waals surface area contributed by atoms with Crippen LogP contribution in [0.5, 0.6) is 0 Å². The van der Waals surface area contributed by atoms with Crippen LogP contribution in [-0.2, 0) is 16.0 Å². The van der Waals surface area contributed by atoms with Gasteiger partial charge in [-0.15, -0.1) is 0 Å². The van der Waals surface area contributed by atoms with Crippen LogP contribution in [0.15, 0.2) is 30.3 Å². The van der Waals surface area contributed by atoms with Crippen LogP contribution < -0.4 is 5.73 Å². The van der Waals surface area contributed by atoms with Gasteiger partial charge in [-0.3, -0.25) is 4.79 Å². The standard InChI is InChI=1S/C13H20N2O2/c1-17-11-13(16)15(10-8-14)9-7-12-5-3-2-4-6-12/h2-6H,7-11,14H2,1H3. The lowest BCUT2D eigenvalue weighted by Gasteiger charge is -2.21. The van der Waals surface area contributed by atoms with Gasteiger partial charge in [0.25, 0.3) is 0 Å². The summed E-state index contributed by atoms with van der Waals surface area (Å²) in [6.07, 6.45) is 0.844. The third-order valence-corrected chi connectivity index (χ3v) is 2.53. The second kappa shape index (κ2) is 7.81. The van der Waals surface area contributed by atoms with Crippen LogP contribution in [0.4, 0.5) is 0 Å². The summed E-state index contributed by atoms with van der Waals surface area (Å²) in [6, 6.07) is 10.1. The van der Waals surface area contributed by atoms with Gasteiger partial charge in [-0.1, -0.05) is 30.3 Å². The minimum absolute atomic E-state index is 0.00567. The van der Waals surface area contributed by atoms with Crippen LogP contribution in [0.2, 0.25) is 0 Å². The van der Waals surface area contributed by atoms with E-state index in [1.54, 1.807) is 4.90 Å². The van der Waals surface area contributed by atoms with Gasteiger partial charge in [0.05, 0.1) is 0 Å². The predicted octanol–water partition coefficient (Wildman–Crippen LogP) is 0.663. The topological polar surface area (TPSA) is 55.6 Å². The number of nitrogens with zero attached hydrogens (tertiary/aromatic N) is 1.